The summed E-state index contributed by atoms with van der Waals surface area (Å²) in [7, 11) is 0. The van der Waals surface area contributed by atoms with Crippen molar-refractivity contribution in [3.05, 3.63) is 21.3 Å². The average Bonchev–Trinajstić information content (AvgIpc) is 2.82. The van der Waals surface area contributed by atoms with E-state index in [4.69, 9.17) is 51.1 Å². The van der Waals surface area contributed by atoms with Gasteiger partial charge in [-0.1, -0.05) is 46.4 Å². The Labute approximate surface area is 110 Å². The highest BCUT2D eigenvalue weighted by Gasteiger charge is 2.56. The van der Waals surface area contributed by atoms with E-state index in [2.05, 4.69) is 0 Å². The van der Waals surface area contributed by atoms with E-state index in [9.17, 15) is 4.79 Å². The molecule has 0 aliphatic carbocycles. The third kappa shape index (κ3) is 2.60. The van der Waals surface area contributed by atoms with Gasteiger partial charge in [0.1, 0.15) is 6.10 Å². The minimum absolute atomic E-state index is 0.191. The Morgan fingerprint density at radius 3 is 2.47 bits per heavy atom. The molecule has 82 valence electrons. The zero-order chi connectivity index (χ0) is 11.2. The zero-order valence-electron chi connectivity index (χ0n) is 7.05. The first-order valence-corrected chi connectivity index (χ1v) is 6.24. The molecule has 2 heterocycles. The Hall–Kier alpha value is 0.490. The van der Waals surface area contributed by atoms with Crippen LogP contribution in [0.5, 0.6) is 0 Å². The Balaban J connectivity index is 2.07. The summed E-state index contributed by atoms with van der Waals surface area (Å²) in [4.78, 5) is 12.2. The molecule has 0 bridgehead atoms. The predicted molar refractivity (Wildman–Crippen MR) is 62.6 cm³/mol. The number of thiophene rings is 1. The first kappa shape index (κ1) is 12.0. The van der Waals surface area contributed by atoms with Gasteiger partial charge in [0.2, 0.25) is 9.58 Å². The summed E-state index contributed by atoms with van der Waals surface area (Å²) in [6.07, 6.45) is -1.32. The summed E-state index contributed by atoms with van der Waals surface area (Å²) in [5.74, 6) is -0.191. The molecule has 0 amide bonds. The van der Waals surface area contributed by atoms with Crippen LogP contribution in [0, 0.1) is 0 Å². The number of ketones is 1. The number of alkyl halides is 3. The highest BCUT2D eigenvalue weighted by molar-refractivity contribution is 7.18. The van der Waals surface area contributed by atoms with Crippen LogP contribution in [0.25, 0.3) is 0 Å². The highest BCUT2D eigenvalue weighted by atomic mass is 35.6. The van der Waals surface area contributed by atoms with Gasteiger partial charge in [-0.3, -0.25) is 4.79 Å². The van der Waals surface area contributed by atoms with Crippen molar-refractivity contribution in [1.82, 2.24) is 0 Å². The van der Waals surface area contributed by atoms with Crippen LogP contribution in [0.15, 0.2) is 12.1 Å². The number of rotatable bonds is 2. The molecular formula is C8H4Cl4O2S. The molecule has 0 aromatic carbocycles. The fourth-order valence-corrected chi connectivity index (χ4v) is 2.66. The van der Waals surface area contributed by atoms with Crippen molar-refractivity contribution < 1.29 is 9.53 Å². The van der Waals surface area contributed by atoms with E-state index in [-0.39, 0.29) is 5.78 Å². The predicted octanol–water partition coefficient (Wildman–Crippen LogP) is 3.72. The van der Waals surface area contributed by atoms with Crippen molar-refractivity contribution >= 4 is 63.5 Å². The summed E-state index contributed by atoms with van der Waals surface area (Å²) < 4.78 is 4.02. The Kier molecular flexibility index (Phi) is 3.24. The van der Waals surface area contributed by atoms with Crippen LogP contribution in [-0.2, 0) is 4.74 Å². The quantitative estimate of drug-likeness (QED) is 0.473. The number of epoxide rings is 1. The number of hydrogen-bond acceptors (Lipinski definition) is 3. The molecule has 1 saturated heterocycles. The van der Waals surface area contributed by atoms with E-state index < -0.39 is 16.0 Å². The van der Waals surface area contributed by atoms with Crippen molar-refractivity contribution in [1.29, 1.82) is 0 Å². The number of halogens is 4. The van der Waals surface area contributed by atoms with Crippen LogP contribution in [0.3, 0.4) is 0 Å². The number of Topliss-reactive ketones (excluding diaryl/α,β-unsaturated/α-hetero) is 1. The van der Waals surface area contributed by atoms with E-state index in [1.54, 1.807) is 12.1 Å². The van der Waals surface area contributed by atoms with Gasteiger partial charge in [0.15, 0.2) is 6.10 Å². The molecule has 2 nitrogen and oxygen atoms in total. The third-order valence-corrected chi connectivity index (χ3v) is 3.78. The molecule has 1 aliphatic heterocycles. The van der Waals surface area contributed by atoms with Gasteiger partial charge in [0, 0.05) is 0 Å². The van der Waals surface area contributed by atoms with Crippen molar-refractivity contribution in [2.75, 3.05) is 0 Å². The normalized spacial score (nSPS) is 25.3. The van der Waals surface area contributed by atoms with Crippen LogP contribution in [0.1, 0.15) is 9.67 Å². The number of carbonyl (C=O) groups excluding carboxylic acids is 1. The van der Waals surface area contributed by atoms with Crippen molar-refractivity contribution in [2.24, 2.45) is 0 Å². The second kappa shape index (κ2) is 4.06. The highest BCUT2D eigenvalue weighted by Crippen LogP contribution is 2.45. The van der Waals surface area contributed by atoms with Crippen molar-refractivity contribution in [2.45, 2.75) is 16.0 Å². The van der Waals surface area contributed by atoms with E-state index in [0.717, 1.165) is 0 Å². The minimum atomic E-state index is -1.55. The van der Waals surface area contributed by atoms with E-state index in [1.165, 1.54) is 11.3 Å². The molecule has 0 saturated carbocycles. The largest absolute Gasteiger partial charge is 0.356 e. The fraction of sp³-hybridized carbons (Fsp3) is 0.375. The maximum Gasteiger partial charge on any atom is 0.219 e. The molecule has 0 spiro atoms. The van der Waals surface area contributed by atoms with Gasteiger partial charge in [0.05, 0.1) is 9.21 Å². The molecule has 0 N–H and O–H groups in total. The molecule has 1 aromatic heterocycles. The number of hydrogen-bond donors (Lipinski definition) is 0. The molecule has 0 unspecified atom stereocenters. The molecule has 0 radical (unpaired) electrons. The van der Waals surface area contributed by atoms with Crippen LogP contribution < -0.4 is 0 Å². The molecular weight excluding hydrogens is 302 g/mol. The first-order valence-electron chi connectivity index (χ1n) is 3.91. The molecule has 2 rings (SSSR count). The molecule has 15 heavy (non-hydrogen) atoms. The summed E-state index contributed by atoms with van der Waals surface area (Å²) in [6, 6.07) is 3.28. The topological polar surface area (TPSA) is 29.6 Å². The lowest BCUT2D eigenvalue weighted by atomic mass is 10.2. The third-order valence-electron chi connectivity index (χ3n) is 1.89. The zero-order valence-corrected chi connectivity index (χ0v) is 10.9. The standard InChI is InChI=1S/C8H4Cl4O2S/c9-4-2-1-3(15-4)5(13)6-7(14-6)8(10,11)12/h1-2,6-7H/t6-,7-/m1/s1. The van der Waals surface area contributed by atoms with E-state index in [1.807, 2.05) is 0 Å². The van der Waals surface area contributed by atoms with E-state index >= 15 is 0 Å². The van der Waals surface area contributed by atoms with Gasteiger partial charge < -0.3 is 4.74 Å². The minimum Gasteiger partial charge on any atom is -0.356 e. The van der Waals surface area contributed by atoms with E-state index in [0.29, 0.717) is 9.21 Å². The first-order chi connectivity index (χ1) is 6.89. The summed E-state index contributed by atoms with van der Waals surface area (Å²) in [5.41, 5.74) is 0. The second-order valence-corrected chi connectivity index (χ2v) is 7.07. The molecule has 1 aliphatic rings. The lowest BCUT2D eigenvalue weighted by molar-refractivity contribution is 0.0957. The average molecular weight is 306 g/mol. The molecule has 1 fully saturated rings. The second-order valence-electron chi connectivity index (χ2n) is 2.99. The maximum absolute atomic E-state index is 11.7. The summed E-state index contributed by atoms with van der Waals surface area (Å²) in [5, 5.41) is 0. The SMILES string of the molecule is O=C(c1ccc(Cl)s1)[C@H]1O[C@H]1C(Cl)(Cl)Cl. The Bertz CT molecular complexity index is 398. The van der Waals surface area contributed by atoms with Crippen molar-refractivity contribution in [3.8, 4) is 0 Å². The lowest BCUT2D eigenvalue weighted by Gasteiger charge is -2.04. The van der Waals surface area contributed by atoms with Gasteiger partial charge in [0.25, 0.3) is 0 Å². The van der Waals surface area contributed by atoms with Gasteiger partial charge in [-0.05, 0) is 12.1 Å². The summed E-state index contributed by atoms with van der Waals surface area (Å²) >= 11 is 23.7. The fourth-order valence-electron chi connectivity index (χ4n) is 1.15. The maximum atomic E-state index is 11.7. The van der Waals surface area contributed by atoms with Crippen LogP contribution in [0.4, 0.5) is 0 Å². The van der Waals surface area contributed by atoms with Gasteiger partial charge in [-0.25, -0.2) is 0 Å². The Morgan fingerprint density at radius 2 is 2.07 bits per heavy atom. The van der Waals surface area contributed by atoms with Crippen molar-refractivity contribution in [3.63, 3.8) is 0 Å². The monoisotopic (exact) mass is 304 g/mol. The molecule has 2 atom stereocenters. The van der Waals surface area contributed by atoms with Gasteiger partial charge in [-0.15, -0.1) is 11.3 Å². The van der Waals surface area contributed by atoms with Crippen LogP contribution in [0.2, 0.25) is 4.34 Å². The van der Waals surface area contributed by atoms with Gasteiger partial charge >= 0.3 is 0 Å². The number of carbonyl (C=O) groups is 1. The molecule has 1 aromatic rings. The van der Waals surface area contributed by atoms with Crippen LogP contribution in [-0.4, -0.2) is 21.8 Å². The summed E-state index contributed by atoms with van der Waals surface area (Å²) in [6.45, 7) is 0. The van der Waals surface area contributed by atoms with Gasteiger partial charge in [-0.2, -0.15) is 0 Å². The number of ether oxygens (including phenoxy) is 1. The lowest BCUT2D eigenvalue weighted by Crippen LogP contribution is -2.19. The smallest absolute Gasteiger partial charge is 0.219 e. The Morgan fingerprint density at radius 1 is 1.40 bits per heavy atom. The van der Waals surface area contributed by atoms with Crippen LogP contribution >= 0.6 is 57.7 Å². The molecule has 7 heteroatoms.